The lowest BCUT2D eigenvalue weighted by molar-refractivity contribution is -0.122. The minimum atomic E-state index is -0.508. The molecule has 4 rings (SSSR count). The van der Waals surface area contributed by atoms with Gasteiger partial charge in [0, 0.05) is 0 Å². The Labute approximate surface area is 179 Å². The fourth-order valence-corrected chi connectivity index (χ4v) is 3.29. The lowest BCUT2D eigenvalue weighted by Gasteiger charge is -2.29. The highest BCUT2D eigenvalue weighted by Gasteiger charge is 2.34. The van der Waals surface area contributed by atoms with Gasteiger partial charge in [-0.1, -0.05) is 48.0 Å². The van der Waals surface area contributed by atoms with Crippen LogP contribution >= 0.6 is 12.2 Å². The molecule has 0 spiro atoms. The van der Waals surface area contributed by atoms with Gasteiger partial charge in [-0.25, -0.2) is 0 Å². The zero-order chi connectivity index (χ0) is 21.1. The van der Waals surface area contributed by atoms with Gasteiger partial charge in [-0.15, -0.1) is 0 Å². The first-order chi connectivity index (χ1) is 14.5. The monoisotopic (exact) mass is 414 g/mol. The Morgan fingerprint density at radius 1 is 0.867 bits per heavy atom. The molecule has 1 fully saturated rings. The molecule has 3 aromatic rings. The van der Waals surface area contributed by atoms with Gasteiger partial charge in [0.05, 0.1) is 5.69 Å². The van der Waals surface area contributed by atoms with E-state index >= 15 is 0 Å². The molecule has 1 N–H and O–H groups in total. The van der Waals surface area contributed by atoms with Crippen molar-refractivity contribution in [3.05, 3.63) is 95.6 Å². The number of anilines is 1. The summed E-state index contributed by atoms with van der Waals surface area (Å²) in [6.45, 7) is 1.97. The summed E-state index contributed by atoms with van der Waals surface area (Å²) in [6, 6.07) is 23.9. The van der Waals surface area contributed by atoms with Gasteiger partial charge in [0.25, 0.3) is 11.8 Å². The number of nitrogens with zero attached hydrogens (tertiary/aromatic N) is 1. The van der Waals surface area contributed by atoms with Gasteiger partial charge in [0.1, 0.15) is 17.1 Å². The van der Waals surface area contributed by atoms with Crippen LogP contribution in [0.2, 0.25) is 0 Å². The van der Waals surface area contributed by atoms with E-state index in [0.29, 0.717) is 17.2 Å². The highest BCUT2D eigenvalue weighted by Crippen LogP contribution is 2.27. The molecule has 0 unspecified atom stereocenters. The first-order valence-corrected chi connectivity index (χ1v) is 9.73. The normalized spacial score (nSPS) is 15.3. The average molecular weight is 414 g/mol. The number of rotatable bonds is 4. The maximum absolute atomic E-state index is 13.1. The van der Waals surface area contributed by atoms with Crippen LogP contribution in [0.25, 0.3) is 6.08 Å². The second-order valence-electron chi connectivity index (χ2n) is 6.78. The van der Waals surface area contributed by atoms with Gasteiger partial charge in [-0.3, -0.25) is 19.8 Å². The summed E-state index contributed by atoms with van der Waals surface area (Å²) in [4.78, 5) is 26.8. The van der Waals surface area contributed by atoms with E-state index < -0.39 is 11.8 Å². The number of nitrogens with one attached hydrogen (secondary N) is 1. The molecule has 148 valence electrons. The van der Waals surface area contributed by atoms with E-state index in [-0.39, 0.29) is 10.7 Å². The average Bonchev–Trinajstić information content (AvgIpc) is 2.74. The predicted octanol–water partition coefficient (Wildman–Crippen LogP) is 4.62. The van der Waals surface area contributed by atoms with Gasteiger partial charge in [0.15, 0.2) is 5.11 Å². The van der Waals surface area contributed by atoms with Crippen molar-refractivity contribution in [3.8, 4) is 11.5 Å². The molecule has 5 nitrogen and oxygen atoms in total. The quantitative estimate of drug-likeness (QED) is 0.385. The molecular formula is C24H18N2O3S. The number of carbonyl (C=O) groups is 2. The van der Waals surface area contributed by atoms with Crippen LogP contribution in [-0.2, 0) is 9.59 Å². The number of amides is 2. The minimum Gasteiger partial charge on any atom is -0.457 e. The number of hydrogen-bond donors (Lipinski definition) is 1. The molecule has 0 radical (unpaired) electrons. The Balaban J connectivity index is 1.59. The standard InChI is InChI=1S/C24H18N2O3S/c1-16-7-9-17(10-8-16)15-21-22(27)25-24(30)26(23(21)28)18-11-13-20(14-12-18)29-19-5-3-2-4-6-19/h2-15H,1H3,(H,25,27,30)/b21-15+. The Morgan fingerprint density at radius 2 is 1.50 bits per heavy atom. The Morgan fingerprint density at radius 3 is 2.17 bits per heavy atom. The van der Waals surface area contributed by atoms with E-state index in [9.17, 15) is 9.59 Å². The SMILES string of the molecule is Cc1ccc(/C=C2\C(=O)NC(=S)N(c3ccc(Oc4ccccc4)cc3)C2=O)cc1. The van der Waals surface area contributed by atoms with E-state index in [2.05, 4.69) is 5.32 Å². The van der Waals surface area contributed by atoms with Gasteiger partial charge >= 0.3 is 0 Å². The van der Waals surface area contributed by atoms with Crippen molar-refractivity contribution in [2.24, 2.45) is 0 Å². The third kappa shape index (κ3) is 4.14. The largest absolute Gasteiger partial charge is 0.457 e. The highest BCUT2D eigenvalue weighted by atomic mass is 32.1. The van der Waals surface area contributed by atoms with E-state index in [1.807, 2.05) is 61.5 Å². The van der Waals surface area contributed by atoms with E-state index in [1.165, 1.54) is 4.90 Å². The summed E-state index contributed by atoms with van der Waals surface area (Å²) in [5, 5.41) is 2.64. The molecule has 2 amide bonds. The molecule has 1 aliphatic rings. The highest BCUT2D eigenvalue weighted by molar-refractivity contribution is 7.80. The maximum Gasteiger partial charge on any atom is 0.270 e. The minimum absolute atomic E-state index is 0.0251. The number of aryl methyl sites for hydroxylation is 1. The molecular weight excluding hydrogens is 396 g/mol. The van der Waals surface area contributed by atoms with Crippen LogP contribution in [0.1, 0.15) is 11.1 Å². The summed E-state index contributed by atoms with van der Waals surface area (Å²) < 4.78 is 5.78. The number of benzene rings is 3. The molecule has 0 saturated carbocycles. The molecule has 1 saturated heterocycles. The molecule has 0 atom stereocenters. The number of carbonyl (C=O) groups excluding carboxylic acids is 2. The molecule has 1 aliphatic heterocycles. The summed E-state index contributed by atoms with van der Waals surface area (Å²) in [5.74, 6) is 0.358. The molecule has 0 bridgehead atoms. The van der Waals surface area contributed by atoms with E-state index in [1.54, 1.807) is 30.3 Å². The van der Waals surface area contributed by atoms with Crippen molar-refractivity contribution in [2.45, 2.75) is 6.92 Å². The van der Waals surface area contributed by atoms with Crippen molar-refractivity contribution >= 4 is 40.9 Å². The summed E-state index contributed by atoms with van der Waals surface area (Å²) >= 11 is 5.25. The fraction of sp³-hybridized carbons (Fsp3) is 0.0417. The van der Waals surface area contributed by atoms with Gasteiger partial charge in [0.2, 0.25) is 0 Å². The van der Waals surface area contributed by atoms with Crippen molar-refractivity contribution in [3.63, 3.8) is 0 Å². The Hall–Kier alpha value is -3.77. The Kier molecular flexibility index (Phi) is 5.41. The van der Waals surface area contributed by atoms with Crippen LogP contribution in [0.4, 0.5) is 5.69 Å². The first-order valence-electron chi connectivity index (χ1n) is 9.32. The van der Waals surface area contributed by atoms with Crippen molar-refractivity contribution in [1.29, 1.82) is 0 Å². The first kappa shape index (κ1) is 19.5. The third-order valence-corrected chi connectivity index (χ3v) is 4.85. The molecule has 0 aromatic heterocycles. The van der Waals surface area contributed by atoms with Crippen LogP contribution in [-0.4, -0.2) is 16.9 Å². The van der Waals surface area contributed by atoms with E-state index in [4.69, 9.17) is 17.0 Å². The number of hydrogen-bond acceptors (Lipinski definition) is 4. The van der Waals surface area contributed by atoms with Gasteiger partial charge < -0.3 is 4.74 Å². The number of para-hydroxylation sites is 1. The molecule has 0 aliphatic carbocycles. The van der Waals surface area contributed by atoms with Crippen molar-refractivity contribution < 1.29 is 14.3 Å². The molecule has 1 heterocycles. The summed E-state index contributed by atoms with van der Waals surface area (Å²) in [5.41, 5.74) is 2.42. The van der Waals surface area contributed by atoms with Crippen LogP contribution in [0.15, 0.2) is 84.4 Å². The number of thiocarbonyl (C=S) groups is 1. The lowest BCUT2D eigenvalue weighted by Crippen LogP contribution is -2.54. The van der Waals surface area contributed by atoms with E-state index in [0.717, 1.165) is 11.1 Å². The molecule has 6 heteroatoms. The van der Waals surface area contributed by atoms with Crippen molar-refractivity contribution in [1.82, 2.24) is 5.32 Å². The number of ether oxygens (including phenoxy) is 1. The van der Waals surface area contributed by atoms with Gasteiger partial charge in [-0.05, 0) is 67.2 Å². The maximum atomic E-state index is 13.1. The van der Waals surface area contributed by atoms with Crippen molar-refractivity contribution in [2.75, 3.05) is 4.90 Å². The Bertz CT molecular complexity index is 1140. The zero-order valence-corrected chi connectivity index (χ0v) is 17.0. The smallest absolute Gasteiger partial charge is 0.270 e. The van der Waals surface area contributed by atoms with Crippen LogP contribution in [0, 0.1) is 6.92 Å². The third-order valence-electron chi connectivity index (χ3n) is 4.56. The van der Waals surface area contributed by atoms with Crippen LogP contribution in [0.5, 0.6) is 11.5 Å². The summed E-state index contributed by atoms with van der Waals surface area (Å²) in [7, 11) is 0. The van der Waals surface area contributed by atoms with Gasteiger partial charge in [-0.2, -0.15) is 0 Å². The van der Waals surface area contributed by atoms with Crippen LogP contribution in [0.3, 0.4) is 0 Å². The lowest BCUT2D eigenvalue weighted by atomic mass is 10.1. The second-order valence-corrected chi connectivity index (χ2v) is 7.16. The molecule has 30 heavy (non-hydrogen) atoms. The zero-order valence-electron chi connectivity index (χ0n) is 16.2. The second kappa shape index (κ2) is 8.31. The predicted molar refractivity (Wildman–Crippen MR) is 120 cm³/mol. The summed E-state index contributed by atoms with van der Waals surface area (Å²) in [6.07, 6.45) is 1.57. The molecule has 3 aromatic carbocycles. The fourth-order valence-electron chi connectivity index (χ4n) is 3.01. The van der Waals surface area contributed by atoms with Crippen LogP contribution < -0.4 is 15.0 Å². The topological polar surface area (TPSA) is 58.6 Å².